The van der Waals surface area contributed by atoms with Gasteiger partial charge in [-0.25, -0.2) is 4.79 Å². The van der Waals surface area contributed by atoms with E-state index in [1.807, 2.05) is 0 Å². The molecule has 1 aliphatic carbocycles. The van der Waals surface area contributed by atoms with Gasteiger partial charge in [-0.05, 0) is 68.8 Å². The Bertz CT molecular complexity index is 891. The second-order valence-corrected chi connectivity index (χ2v) is 9.40. The van der Waals surface area contributed by atoms with Crippen LogP contribution in [0.5, 0.6) is 5.75 Å². The van der Waals surface area contributed by atoms with Gasteiger partial charge in [0.05, 0.1) is 18.8 Å². The van der Waals surface area contributed by atoms with Crippen molar-refractivity contribution in [2.75, 3.05) is 18.5 Å². The molecule has 3 N–H and O–H groups in total. The van der Waals surface area contributed by atoms with Crippen LogP contribution in [0, 0.1) is 5.92 Å². The van der Waals surface area contributed by atoms with Crippen molar-refractivity contribution >= 4 is 11.7 Å². The standard InChI is InChI=1S/C23H29F6N3O4/c24-22(25,26)21(10-12-34-21)14-3-1-4-17(13-14)35-19-18(5-2-11-30-19)32-20(33)31-15-6-8-16(9-7-15)36-23(27,28)29/h6-9,14,17-19,30H,1-5,10-13H2,(H2,31,32,33)/t14?,17-,18?,19?,21-/m1/s1. The van der Waals surface area contributed by atoms with Gasteiger partial charge in [0, 0.05) is 12.1 Å². The molecule has 36 heavy (non-hydrogen) atoms. The lowest BCUT2D eigenvalue weighted by atomic mass is 9.71. The normalized spacial score (nSPS) is 31.3. The van der Waals surface area contributed by atoms with E-state index < -0.39 is 54.2 Å². The largest absolute Gasteiger partial charge is 0.573 e. The van der Waals surface area contributed by atoms with Crippen LogP contribution in [0.25, 0.3) is 0 Å². The Morgan fingerprint density at radius 2 is 1.78 bits per heavy atom. The van der Waals surface area contributed by atoms with E-state index in [0.717, 1.165) is 18.6 Å². The van der Waals surface area contributed by atoms with Crippen molar-refractivity contribution in [3.8, 4) is 5.75 Å². The zero-order chi connectivity index (χ0) is 26.0. The van der Waals surface area contributed by atoms with Gasteiger partial charge < -0.3 is 24.8 Å². The number of benzene rings is 1. The molecule has 13 heteroatoms. The van der Waals surface area contributed by atoms with E-state index >= 15 is 0 Å². The predicted molar refractivity (Wildman–Crippen MR) is 116 cm³/mol. The van der Waals surface area contributed by atoms with Crippen molar-refractivity contribution < 1.29 is 45.3 Å². The number of halogens is 6. The second-order valence-electron chi connectivity index (χ2n) is 9.40. The maximum absolute atomic E-state index is 13.7. The van der Waals surface area contributed by atoms with Gasteiger partial charge in [0.25, 0.3) is 0 Å². The molecular formula is C23H29F6N3O4. The van der Waals surface area contributed by atoms with Gasteiger partial charge in [-0.1, -0.05) is 6.42 Å². The van der Waals surface area contributed by atoms with Crippen LogP contribution in [0.1, 0.15) is 44.9 Å². The number of nitrogens with one attached hydrogen (secondary N) is 3. The van der Waals surface area contributed by atoms with Gasteiger partial charge in [0.1, 0.15) is 12.0 Å². The van der Waals surface area contributed by atoms with Crippen LogP contribution in [0.15, 0.2) is 24.3 Å². The highest BCUT2D eigenvalue weighted by Crippen LogP contribution is 2.52. The molecule has 3 unspecified atom stereocenters. The maximum atomic E-state index is 13.7. The number of urea groups is 1. The van der Waals surface area contributed by atoms with E-state index in [2.05, 4.69) is 20.7 Å². The molecule has 202 valence electrons. The van der Waals surface area contributed by atoms with E-state index in [4.69, 9.17) is 9.47 Å². The molecule has 0 radical (unpaired) electrons. The van der Waals surface area contributed by atoms with Gasteiger partial charge in [-0.2, -0.15) is 13.2 Å². The number of carbonyl (C=O) groups excluding carboxylic acids is 1. The van der Waals surface area contributed by atoms with Crippen molar-refractivity contribution in [1.29, 1.82) is 0 Å². The topological polar surface area (TPSA) is 80.9 Å². The minimum atomic E-state index is -4.81. The lowest BCUT2D eigenvalue weighted by molar-refractivity contribution is -0.349. The van der Waals surface area contributed by atoms with Crippen molar-refractivity contribution in [1.82, 2.24) is 10.6 Å². The number of alkyl halides is 6. The quantitative estimate of drug-likeness (QED) is 0.452. The molecule has 3 fully saturated rings. The fourth-order valence-corrected chi connectivity index (χ4v) is 5.22. The average Bonchev–Trinajstić information content (AvgIpc) is 2.74. The first-order valence-corrected chi connectivity index (χ1v) is 12.0. The maximum Gasteiger partial charge on any atom is 0.573 e. The summed E-state index contributed by atoms with van der Waals surface area (Å²) >= 11 is 0. The molecule has 4 rings (SSSR count). The van der Waals surface area contributed by atoms with Crippen molar-refractivity contribution in [3.05, 3.63) is 24.3 Å². The van der Waals surface area contributed by atoms with E-state index in [0.29, 0.717) is 32.2 Å². The Labute approximate surface area is 204 Å². The first kappa shape index (κ1) is 26.8. The number of hydrogen-bond acceptors (Lipinski definition) is 5. The molecule has 7 nitrogen and oxygen atoms in total. The summed E-state index contributed by atoms with van der Waals surface area (Å²) in [4.78, 5) is 12.5. The Kier molecular flexibility index (Phi) is 7.91. The Morgan fingerprint density at radius 1 is 1.06 bits per heavy atom. The first-order valence-electron chi connectivity index (χ1n) is 12.0. The van der Waals surface area contributed by atoms with Crippen LogP contribution in [0.4, 0.5) is 36.8 Å². The van der Waals surface area contributed by atoms with Crippen molar-refractivity contribution in [2.45, 2.75) is 81.5 Å². The summed E-state index contributed by atoms with van der Waals surface area (Å²) < 4.78 is 93.1. The van der Waals surface area contributed by atoms with Crippen LogP contribution in [-0.4, -0.2) is 55.7 Å². The molecule has 0 bridgehead atoms. The van der Waals surface area contributed by atoms with E-state index in [-0.39, 0.29) is 25.1 Å². The Hall–Kier alpha value is -2.25. The third kappa shape index (κ3) is 6.35. The molecule has 1 aromatic carbocycles. The van der Waals surface area contributed by atoms with Crippen molar-refractivity contribution in [3.63, 3.8) is 0 Å². The molecule has 2 aliphatic heterocycles. The molecule has 5 atom stereocenters. The number of rotatable bonds is 6. The molecule has 0 aromatic heterocycles. The van der Waals surface area contributed by atoms with Gasteiger partial charge in [0.15, 0.2) is 5.60 Å². The van der Waals surface area contributed by atoms with E-state index in [9.17, 15) is 31.1 Å². The number of amides is 2. The lowest BCUT2D eigenvalue weighted by Crippen LogP contribution is -2.62. The van der Waals surface area contributed by atoms with Crippen LogP contribution < -0.4 is 20.7 Å². The van der Waals surface area contributed by atoms with Gasteiger partial charge in [-0.15, -0.1) is 13.2 Å². The van der Waals surface area contributed by atoms with Crippen LogP contribution in [-0.2, 0) is 9.47 Å². The summed E-state index contributed by atoms with van der Waals surface area (Å²) in [5, 5.41) is 8.53. The zero-order valence-electron chi connectivity index (χ0n) is 19.4. The number of piperidine rings is 1. The van der Waals surface area contributed by atoms with Gasteiger partial charge in [0.2, 0.25) is 0 Å². The summed E-state index contributed by atoms with van der Waals surface area (Å²) in [6.45, 7) is 0.738. The first-order chi connectivity index (χ1) is 17.0. The molecule has 3 aliphatic rings. The van der Waals surface area contributed by atoms with Crippen molar-refractivity contribution in [2.24, 2.45) is 5.92 Å². The van der Waals surface area contributed by atoms with Crippen LogP contribution in [0.2, 0.25) is 0 Å². The van der Waals surface area contributed by atoms with E-state index in [1.54, 1.807) is 0 Å². The number of ether oxygens (including phenoxy) is 3. The number of anilines is 1. The molecule has 1 aromatic rings. The average molecular weight is 525 g/mol. The minimum absolute atomic E-state index is 0.0385. The zero-order valence-corrected chi connectivity index (χ0v) is 19.4. The molecule has 2 amide bonds. The highest BCUT2D eigenvalue weighted by atomic mass is 19.4. The summed E-state index contributed by atoms with van der Waals surface area (Å²) in [6, 6.07) is 3.68. The SMILES string of the molecule is O=C(Nc1ccc(OC(F)(F)F)cc1)NC1CCCNC1O[C@@H]1CCCC([C@@]2(C(F)(F)F)CCO2)C1. The predicted octanol–water partition coefficient (Wildman–Crippen LogP) is 5.08. The summed E-state index contributed by atoms with van der Waals surface area (Å²) in [5.41, 5.74) is -1.83. The summed E-state index contributed by atoms with van der Waals surface area (Å²) in [6.07, 6.45) is -7.06. The second kappa shape index (κ2) is 10.6. The lowest BCUT2D eigenvalue weighted by Gasteiger charge is -2.50. The monoisotopic (exact) mass is 525 g/mol. The van der Waals surface area contributed by atoms with Crippen LogP contribution >= 0.6 is 0 Å². The third-order valence-electron chi connectivity index (χ3n) is 7.00. The highest BCUT2D eigenvalue weighted by molar-refractivity contribution is 5.89. The molecule has 0 spiro atoms. The van der Waals surface area contributed by atoms with Crippen LogP contribution in [0.3, 0.4) is 0 Å². The molecule has 2 heterocycles. The number of carbonyl (C=O) groups is 1. The molecule has 1 saturated carbocycles. The van der Waals surface area contributed by atoms with Gasteiger partial charge in [-0.3, -0.25) is 5.32 Å². The Balaban J connectivity index is 1.31. The van der Waals surface area contributed by atoms with Gasteiger partial charge >= 0.3 is 18.6 Å². The Morgan fingerprint density at radius 3 is 2.39 bits per heavy atom. The highest BCUT2D eigenvalue weighted by Gasteiger charge is 2.64. The fraction of sp³-hybridized carbons (Fsp3) is 0.696. The molecular weight excluding hydrogens is 496 g/mol. The fourth-order valence-electron chi connectivity index (χ4n) is 5.22. The number of hydrogen-bond donors (Lipinski definition) is 3. The molecule has 2 saturated heterocycles. The summed E-state index contributed by atoms with van der Waals surface area (Å²) in [7, 11) is 0. The third-order valence-corrected chi connectivity index (χ3v) is 7.00. The minimum Gasteiger partial charge on any atom is -0.406 e. The van der Waals surface area contributed by atoms with E-state index in [1.165, 1.54) is 12.1 Å². The summed E-state index contributed by atoms with van der Waals surface area (Å²) in [5.74, 6) is -1.09. The smallest absolute Gasteiger partial charge is 0.406 e.